The van der Waals surface area contributed by atoms with Crippen molar-refractivity contribution in [3.63, 3.8) is 0 Å². The van der Waals surface area contributed by atoms with Gasteiger partial charge in [-0.15, -0.1) is 17.8 Å². The van der Waals surface area contributed by atoms with Crippen molar-refractivity contribution in [3.8, 4) is 12.3 Å². The number of piperidine rings is 1. The van der Waals surface area contributed by atoms with Gasteiger partial charge in [0, 0.05) is 25.1 Å². The van der Waals surface area contributed by atoms with E-state index >= 15 is 0 Å². The van der Waals surface area contributed by atoms with E-state index < -0.39 is 0 Å². The summed E-state index contributed by atoms with van der Waals surface area (Å²) in [5, 5.41) is 11.4. The number of carbonyl (C=O) groups is 1. The fourth-order valence-corrected chi connectivity index (χ4v) is 2.59. The fraction of sp³-hybridized carbons (Fsp3) is 0.500. The number of aromatic nitrogens is 1. The normalized spacial score (nSPS) is 20.0. The van der Waals surface area contributed by atoms with Gasteiger partial charge in [0.05, 0.1) is 0 Å². The molecule has 0 spiro atoms. The number of hydrogen-bond acceptors (Lipinski definition) is 4. The zero-order valence-electron chi connectivity index (χ0n) is 9.43. The van der Waals surface area contributed by atoms with Crippen LogP contribution in [0.2, 0.25) is 0 Å². The number of aliphatic hydroxyl groups is 1. The Morgan fingerprint density at radius 1 is 1.76 bits per heavy atom. The summed E-state index contributed by atoms with van der Waals surface area (Å²) < 4.78 is 0. The minimum Gasteiger partial charge on any atom is -0.396 e. The zero-order valence-corrected chi connectivity index (χ0v) is 10.2. The maximum Gasteiger partial charge on any atom is 0.273 e. The smallest absolute Gasteiger partial charge is 0.273 e. The number of thiazole rings is 1. The SMILES string of the molecule is C#Cc1nc(C(=O)N2CCCC(CO)C2)cs1. The first-order valence-electron chi connectivity index (χ1n) is 5.57. The van der Waals surface area contributed by atoms with Crippen molar-refractivity contribution in [2.24, 2.45) is 5.92 Å². The van der Waals surface area contributed by atoms with Crippen molar-refractivity contribution >= 4 is 17.2 Å². The summed E-state index contributed by atoms with van der Waals surface area (Å²) in [6, 6.07) is 0. The van der Waals surface area contributed by atoms with Crippen LogP contribution in [0.5, 0.6) is 0 Å². The Balaban J connectivity index is 2.07. The highest BCUT2D eigenvalue weighted by Crippen LogP contribution is 2.19. The molecule has 1 amide bonds. The molecule has 1 aromatic rings. The first kappa shape index (κ1) is 12.1. The lowest BCUT2D eigenvalue weighted by molar-refractivity contribution is 0.0615. The predicted octanol–water partition coefficient (Wildman–Crippen LogP) is 0.969. The van der Waals surface area contributed by atoms with E-state index in [-0.39, 0.29) is 18.4 Å². The molecule has 17 heavy (non-hydrogen) atoms. The standard InChI is InChI=1S/C12H14N2O2S/c1-2-11-13-10(8-17-11)12(16)14-5-3-4-9(6-14)7-15/h1,8-9,15H,3-7H2. The van der Waals surface area contributed by atoms with E-state index in [1.807, 2.05) is 0 Å². The van der Waals surface area contributed by atoms with Crippen molar-refractivity contribution in [2.75, 3.05) is 19.7 Å². The van der Waals surface area contributed by atoms with Crippen molar-refractivity contribution in [1.82, 2.24) is 9.88 Å². The Morgan fingerprint density at radius 3 is 3.24 bits per heavy atom. The van der Waals surface area contributed by atoms with Crippen LogP contribution in [0.4, 0.5) is 0 Å². The minimum absolute atomic E-state index is 0.0825. The zero-order chi connectivity index (χ0) is 12.3. The quantitative estimate of drug-likeness (QED) is 0.796. The molecule has 2 rings (SSSR count). The third-order valence-corrected chi connectivity index (χ3v) is 3.68. The number of likely N-dealkylation sites (tertiary alicyclic amines) is 1. The summed E-state index contributed by atoms with van der Waals surface area (Å²) in [4.78, 5) is 17.9. The first-order chi connectivity index (χ1) is 8.24. The molecular formula is C12H14N2O2S. The second-order valence-electron chi connectivity index (χ2n) is 4.12. The highest BCUT2D eigenvalue weighted by atomic mass is 32.1. The van der Waals surface area contributed by atoms with Crippen LogP contribution in [-0.4, -0.2) is 40.6 Å². The second kappa shape index (κ2) is 5.30. The summed E-state index contributed by atoms with van der Waals surface area (Å²) in [5.41, 5.74) is 0.418. The number of carbonyl (C=O) groups excluding carboxylic acids is 1. The Kier molecular flexibility index (Phi) is 3.77. The Bertz CT molecular complexity index is 450. The number of hydrogen-bond donors (Lipinski definition) is 1. The maximum absolute atomic E-state index is 12.1. The Hall–Kier alpha value is -1.38. The molecular weight excluding hydrogens is 236 g/mol. The molecule has 2 heterocycles. The molecule has 1 atom stereocenters. The molecule has 1 saturated heterocycles. The molecule has 0 radical (unpaired) electrons. The van der Waals surface area contributed by atoms with Gasteiger partial charge >= 0.3 is 0 Å². The molecule has 1 aromatic heterocycles. The summed E-state index contributed by atoms with van der Waals surface area (Å²) in [7, 11) is 0. The van der Waals surface area contributed by atoms with Crippen molar-refractivity contribution in [2.45, 2.75) is 12.8 Å². The van der Waals surface area contributed by atoms with Gasteiger partial charge in [0.1, 0.15) is 5.69 Å². The van der Waals surface area contributed by atoms with Gasteiger partial charge in [0.15, 0.2) is 5.01 Å². The first-order valence-corrected chi connectivity index (χ1v) is 6.45. The molecule has 1 N–H and O–H groups in total. The molecule has 0 bridgehead atoms. The lowest BCUT2D eigenvalue weighted by Crippen LogP contribution is -2.41. The molecule has 0 aromatic carbocycles. The van der Waals surface area contributed by atoms with Gasteiger partial charge in [0.2, 0.25) is 0 Å². The van der Waals surface area contributed by atoms with Crippen LogP contribution in [0.25, 0.3) is 0 Å². The van der Waals surface area contributed by atoms with Crippen molar-refractivity contribution < 1.29 is 9.90 Å². The van der Waals surface area contributed by atoms with Crippen LogP contribution in [0, 0.1) is 18.3 Å². The molecule has 1 aliphatic rings. The number of terminal acetylenes is 1. The van der Waals surface area contributed by atoms with Crippen LogP contribution in [0.1, 0.15) is 28.3 Å². The summed E-state index contributed by atoms with van der Waals surface area (Å²) in [6.07, 6.45) is 7.14. The largest absolute Gasteiger partial charge is 0.396 e. The minimum atomic E-state index is -0.0825. The topological polar surface area (TPSA) is 53.4 Å². The van der Waals surface area contributed by atoms with Crippen LogP contribution >= 0.6 is 11.3 Å². The summed E-state index contributed by atoms with van der Waals surface area (Å²) in [6.45, 7) is 1.48. The lowest BCUT2D eigenvalue weighted by atomic mass is 9.99. The number of nitrogens with zero attached hydrogens (tertiary/aromatic N) is 2. The molecule has 1 fully saturated rings. The summed E-state index contributed by atoms with van der Waals surface area (Å²) in [5.74, 6) is 2.53. The van der Waals surface area contributed by atoms with Gasteiger partial charge in [-0.2, -0.15) is 0 Å². The predicted molar refractivity (Wildman–Crippen MR) is 65.8 cm³/mol. The molecule has 1 aliphatic heterocycles. The second-order valence-corrected chi connectivity index (χ2v) is 4.98. The van der Waals surface area contributed by atoms with E-state index in [1.54, 1.807) is 10.3 Å². The van der Waals surface area contributed by atoms with Crippen molar-refractivity contribution in [1.29, 1.82) is 0 Å². The van der Waals surface area contributed by atoms with Gasteiger partial charge in [-0.05, 0) is 24.7 Å². The van der Waals surface area contributed by atoms with Gasteiger partial charge in [-0.3, -0.25) is 4.79 Å². The highest BCUT2D eigenvalue weighted by molar-refractivity contribution is 7.10. The average Bonchev–Trinajstić information content (AvgIpc) is 2.86. The number of amides is 1. The summed E-state index contributed by atoms with van der Waals surface area (Å²) >= 11 is 1.30. The third-order valence-electron chi connectivity index (χ3n) is 2.91. The molecule has 1 unspecified atom stereocenters. The van der Waals surface area contributed by atoms with Crippen LogP contribution in [0.3, 0.4) is 0 Å². The van der Waals surface area contributed by atoms with Gasteiger partial charge < -0.3 is 10.0 Å². The van der Waals surface area contributed by atoms with Gasteiger partial charge in [0.25, 0.3) is 5.91 Å². The number of rotatable bonds is 2. The van der Waals surface area contributed by atoms with Crippen LogP contribution in [-0.2, 0) is 0 Å². The monoisotopic (exact) mass is 250 g/mol. The van der Waals surface area contributed by atoms with E-state index in [0.29, 0.717) is 17.2 Å². The molecule has 0 saturated carbocycles. The van der Waals surface area contributed by atoms with E-state index in [1.165, 1.54) is 11.3 Å². The maximum atomic E-state index is 12.1. The van der Waals surface area contributed by atoms with Crippen LogP contribution < -0.4 is 0 Å². The Labute approximate surface area is 104 Å². The van der Waals surface area contributed by atoms with Gasteiger partial charge in [-0.25, -0.2) is 4.98 Å². The molecule has 5 heteroatoms. The van der Waals surface area contributed by atoms with Crippen molar-refractivity contribution in [3.05, 3.63) is 16.1 Å². The molecule has 4 nitrogen and oxygen atoms in total. The number of aliphatic hydroxyl groups excluding tert-OH is 1. The fourth-order valence-electron chi connectivity index (χ4n) is 2.00. The average molecular weight is 250 g/mol. The molecule has 90 valence electrons. The highest BCUT2D eigenvalue weighted by Gasteiger charge is 2.25. The van der Waals surface area contributed by atoms with E-state index in [4.69, 9.17) is 11.5 Å². The van der Waals surface area contributed by atoms with Crippen LogP contribution in [0.15, 0.2) is 5.38 Å². The van der Waals surface area contributed by atoms with E-state index in [2.05, 4.69) is 10.9 Å². The lowest BCUT2D eigenvalue weighted by Gasteiger charge is -2.31. The van der Waals surface area contributed by atoms with E-state index in [0.717, 1.165) is 19.4 Å². The van der Waals surface area contributed by atoms with Gasteiger partial charge in [-0.1, -0.05) is 0 Å². The van der Waals surface area contributed by atoms with E-state index in [9.17, 15) is 4.79 Å². The Morgan fingerprint density at radius 2 is 2.59 bits per heavy atom. The third kappa shape index (κ3) is 2.65. The molecule has 0 aliphatic carbocycles.